The van der Waals surface area contributed by atoms with Gasteiger partial charge >= 0.3 is 5.97 Å². The van der Waals surface area contributed by atoms with Crippen LogP contribution in [-0.2, 0) is 30.1 Å². The molecule has 4 rings (SSSR count). The second kappa shape index (κ2) is 7.70. The van der Waals surface area contributed by atoms with Gasteiger partial charge in [-0.2, -0.15) is 0 Å². The lowest BCUT2D eigenvalue weighted by molar-refractivity contribution is -0.160. The van der Waals surface area contributed by atoms with E-state index >= 15 is 0 Å². The molecule has 168 valence electrons. The van der Waals surface area contributed by atoms with Crippen LogP contribution in [-0.4, -0.2) is 54.8 Å². The van der Waals surface area contributed by atoms with E-state index in [1.54, 1.807) is 6.07 Å². The summed E-state index contributed by atoms with van der Waals surface area (Å²) in [7, 11) is 0. The number of aliphatic hydroxyl groups is 2. The molecular weight excluding hydrogens is 414 g/mol. The number of hydrogen-bond acceptors (Lipinski definition) is 7. The number of phenols is 1. The molecule has 2 aromatic heterocycles. The van der Waals surface area contributed by atoms with Gasteiger partial charge in [0.25, 0.3) is 5.56 Å². The molecule has 9 heteroatoms. The van der Waals surface area contributed by atoms with Gasteiger partial charge in [0, 0.05) is 42.4 Å². The van der Waals surface area contributed by atoms with Gasteiger partial charge < -0.3 is 29.9 Å². The Morgan fingerprint density at radius 2 is 2.06 bits per heavy atom. The zero-order chi connectivity index (χ0) is 28.4. The van der Waals surface area contributed by atoms with Crippen molar-refractivity contribution in [1.29, 1.82) is 0 Å². The molecule has 3 aromatic rings. The van der Waals surface area contributed by atoms with Crippen LogP contribution in [0.3, 0.4) is 0 Å². The summed E-state index contributed by atoms with van der Waals surface area (Å²) in [6, 6.07) is 5.54. The number of carboxylic acid groups (broad SMARTS) is 1. The first-order chi connectivity index (χ1) is 17.5. The van der Waals surface area contributed by atoms with Gasteiger partial charge in [-0.25, -0.2) is 9.78 Å². The fourth-order valence-corrected chi connectivity index (χ4v) is 4.19. The van der Waals surface area contributed by atoms with Crippen LogP contribution in [0.1, 0.15) is 43.8 Å². The summed E-state index contributed by atoms with van der Waals surface area (Å²) in [5.41, 5.74) is -2.47. The number of fused-ring (bicyclic) bond motifs is 4. The number of aliphatic carboxylic acids is 1. The molecule has 0 bridgehead atoms. The summed E-state index contributed by atoms with van der Waals surface area (Å²) in [5, 5.41) is 41.2. The first kappa shape index (κ1) is 15.5. The molecule has 0 amide bonds. The first-order valence-corrected chi connectivity index (χ1v) is 9.81. The topological polar surface area (TPSA) is 136 Å². The van der Waals surface area contributed by atoms with Crippen molar-refractivity contribution in [2.24, 2.45) is 0 Å². The van der Waals surface area contributed by atoms with Crippen molar-refractivity contribution < 1.29 is 33.4 Å². The van der Waals surface area contributed by atoms with E-state index in [0.717, 1.165) is 0 Å². The Morgan fingerprint density at radius 3 is 2.69 bits per heavy atom. The van der Waals surface area contributed by atoms with Crippen LogP contribution in [0.25, 0.3) is 22.3 Å². The number of pyridine rings is 2. The van der Waals surface area contributed by atoms with Crippen molar-refractivity contribution >= 4 is 16.9 Å². The van der Waals surface area contributed by atoms with Crippen LogP contribution in [0, 0.1) is 0 Å². The third-order valence-corrected chi connectivity index (χ3v) is 5.92. The van der Waals surface area contributed by atoms with E-state index in [1.165, 1.54) is 29.7 Å². The Bertz CT molecular complexity index is 1500. The number of carbonyl (C=O) groups is 1. The SMILES string of the molecule is [2H]C([2H])([2H])N(Cc1c(O)ccc2nc3c(cc12)Cn1c-3cc(C(O)(CC)C(=O)O)c(CO)c1=O)C([2H])([2H])[2H]. The molecule has 1 atom stereocenters. The maximum Gasteiger partial charge on any atom is 0.340 e. The molecule has 0 radical (unpaired) electrons. The predicted octanol–water partition coefficient (Wildman–Crippen LogP) is 1.37. The number of rotatable bonds is 6. The fourth-order valence-electron chi connectivity index (χ4n) is 4.19. The van der Waals surface area contributed by atoms with E-state index in [2.05, 4.69) is 4.98 Å². The Balaban J connectivity index is 1.94. The molecule has 1 aliphatic heterocycles. The fraction of sp³-hybridized carbons (Fsp3) is 0.348. The molecule has 1 aliphatic rings. The Labute approximate surface area is 192 Å². The molecule has 4 N–H and O–H groups in total. The van der Waals surface area contributed by atoms with E-state index in [1.807, 2.05) is 0 Å². The molecule has 9 nitrogen and oxygen atoms in total. The second-order valence-corrected chi connectivity index (χ2v) is 7.70. The molecule has 1 aromatic carbocycles. The molecule has 32 heavy (non-hydrogen) atoms. The van der Waals surface area contributed by atoms with Gasteiger partial charge in [0.1, 0.15) is 5.75 Å². The van der Waals surface area contributed by atoms with Gasteiger partial charge in [-0.3, -0.25) is 4.79 Å². The first-order valence-electron chi connectivity index (χ1n) is 12.8. The van der Waals surface area contributed by atoms with Gasteiger partial charge in [-0.15, -0.1) is 0 Å². The van der Waals surface area contributed by atoms with Crippen molar-refractivity contribution in [2.45, 2.75) is 38.6 Å². The zero-order valence-electron chi connectivity index (χ0n) is 23.1. The van der Waals surface area contributed by atoms with Crippen LogP contribution in [0.5, 0.6) is 5.75 Å². The minimum atomic E-state index is -3.00. The molecule has 0 spiro atoms. The highest BCUT2D eigenvalue weighted by Crippen LogP contribution is 2.38. The molecule has 1 unspecified atom stereocenters. The lowest BCUT2D eigenvalue weighted by Crippen LogP contribution is -2.39. The van der Waals surface area contributed by atoms with Gasteiger partial charge in [0.15, 0.2) is 5.60 Å². The third kappa shape index (κ3) is 3.17. The lowest BCUT2D eigenvalue weighted by atomic mass is 9.87. The smallest absolute Gasteiger partial charge is 0.340 e. The Hall–Kier alpha value is -3.27. The molecule has 0 saturated heterocycles. The number of aromatic nitrogens is 2. The summed E-state index contributed by atoms with van der Waals surface area (Å²) in [4.78, 5) is 30.0. The standard InChI is InChI=1S/C23H25N3O6/c1-4-23(32,22(30)31)16-8-18-20-12(9-26(18)21(29)15(16)11-27)7-13-14(10-25(2)3)19(28)6-5-17(13)24-20/h5-8,27-28,32H,4,9-11H2,1-3H3,(H,30,31)/i2D3,3D3. The largest absolute Gasteiger partial charge is 0.508 e. The maximum atomic E-state index is 13.2. The molecule has 0 aliphatic carbocycles. The van der Waals surface area contributed by atoms with Gasteiger partial charge in [0.2, 0.25) is 0 Å². The summed E-state index contributed by atoms with van der Waals surface area (Å²) in [6.45, 7) is -6.07. The van der Waals surface area contributed by atoms with Crippen LogP contribution < -0.4 is 5.56 Å². The Kier molecular flexibility index (Phi) is 3.73. The van der Waals surface area contributed by atoms with Crippen molar-refractivity contribution in [3.8, 4) is 17.1 Å². The highest BCUT2D eigenvalue weighted by atomic mass is 16.4. The summed E-state index contributed by atoms with van der Waals surface area (Å²) in [5.74, 6) is -1.93. The van der Waals surface area contributed by atoms with Gasteiger partial charge in [-0.1, -0.05) is 6.92 Å². The highest BCUT2D eigenvalue weighted by Gasteiger charge is 2.40. The minimum absolute atomic E-state index is 0.0105. The molecule has 3 heterocycles. The van der Waals surface area contributed by atoms with Crippen LogP contribution in [0.15, 0.2) is 29.1 Å². The summed E-state index contributed by atoms with van der Waals surface area (Å²) >= 11 is 0. The number of nitrogens with zero attached hydrogens (tertiary/aromatic N) is 3. The van der Waals surface area contributed by atoms with Crippen molar-refractivity contribution in [3.05, 3.63) is 56.9 Å². The quantitative estimate of drug-likeness (QED) is 0.349. The number of benzene rings is 1. The number of aliphatic hydroxyl groups excluding tert-OH is 1. The predicted molar refractivity (Wildman–Crippen MR) is 117 cm³/mol. The average molecular weight is 446 g/mol. The van der Waals surface area contributed by atoms with Crippen LogP contribution >= 0.6 is 0 Å². The van der Waals surface area contributed by atoms with E-state index in [0.29, 0.717) is 10.5 Å². The average Bonchev–Trinajstić information content (AvgIpc) is 3.17. The van der Waals surface area contributed by atoms with Crippen LogP contribution in [0.2, 0.25) is 0 Å². The van der Waals surface area contributed by atoms with Crippen molar-refractivity contribution in [1.82, 2.24) is 14.5 Å². The number of hydrogen-bond donors (Lipinski definition) is 4. The normalized spacial score (nSPS) is 18.0. The van der Waals surface area contributed by atoms with E-state index < -0.39 is 44.2 Å². The number of aromatic hydroxyl groups is 1. The van der Waals surface area contributed by atoms with Crippen LogP contribution in [0.4, 0.5) is 0 Å². The van der Waals surface area contributed by atoms with Gasteiger partial charge in [-0.05, 0) is 44.6 Å². The Morgan fingerprint density at radius 1 is 1.31 bits per heavy atom. The monoisotopic (exact) mass is 445 g/mol. The number of phenolic OH excluding ortho intramolecular Hbond substituents is 1. The highest BCUT2D eigenvalue weighted by molar-refractivity contribution is 5.89. The summed E-state index contributed by atoms with van der Waals surface area (Å²) < 4.78 is 47.1. The molecule has 0 saturated carbocycles. The van der Waals surface area contributed by atoms with Crippen molar-refractivity contribution in [2.75, 3.05) is 14.0 Å². The summed E-state index contributed by atoms with van der Waals surface area (Å²) in [6.07, 6.45) is -0.275. The zero-order valence-corrected chi connectivity index (χ0v) is 17.1. The minimum Gasteiger partial charge on any atom is -0.508 e. The third-order valence-electron chi connectivity index (χ3n) is 5.92. The molecular formula is C23H25N3O6. The lowest BCUT2D eigenvalue weighted by Gasteiger charge is -2.25. The molecule has 0 fully saturated rings. The van der Waals surface area contributed by atoms with Crippen molar-refractivity contribution in [3.63, 3.8) is 0 Å². The maximum absolute atomic E-state index is 13.2. The van der Waals surface area contributed by atoms with E-state index in [-0.39, 0.29) is 57.7 Å². The van der Waals surface area contributed by atoms with E-state index in [4.69, 9.17) is 8.22 Å². The number of carboxylic acids is 1. The van der Waals surface area contributed by atoms with Gasteiger partial charge in [0.05, 0.1) is 30.1 Å². The van der Waals surface area contributed by atoms with E-state index in [9.17, 15) is 30.0 Å². The second-order valence-electron chi connectivity index (χ2n) is 7.70.